The molecule has 0 aromatic carbocycles. The van der Waals surface area contributed by atoms with Gasteiger partial charge < -0.3 is 14.7 Å². The molecule has 0 saturated carbocycles. The van der Waals surface area contributed by atoms with Gasteiger partial charge in [0.05, 0.1) is 0 Å². The first-order valence-electron chi connectivity index (χ1n) is 6.58. The highest BCUT2D eigenvalue weighted by atomic mass is 16.6. The highest BCUT2D eigenvalue weighted by Gasteiger charge is 2.27. The van der Waals surface area contributed by atoms with Crippen LogP contribution in [0.15, 0.2) is 11.6 Å². The number of carbonyl (C=O) groups is 2. The second-order valence-electron chi connectivity index (χ2n) is 5.97. The molecule has 1 saturated heterocycles. The quantitative estimate of drug-likeness (QED) is 0.783. The number of hydrogen-bond donors (Lipinski definition) is 1. The second kappa shape index (κ2) is 6.08. The Morgan fingerprint density at radius 3 is 2.21 bits per heavy atom. The van der Waals surface area contributed by atoms with Gasteiger partial charge in [-0.05, 0) is 46.5 Å². The van der Waals surface area contributed by atoms with Crippen LogP contribution in [0.1, 0.15) is 40.5 Å². The summed E-state index contributed by atoms with van der Waals surface area (Å²) in [5.41, 5.74) is 0.393. The Morgan fingerprint density at radius 2 is 1.79 bits per heavy atom. The normalized spacial score (nSPS) is 18.3. The van der Waals surface area contributed by atoms with Crippen LogP contribution in [0.4, 0.5) is 4.79 Å². The lowest BCUT2D eigenvalue weighted by Crippen LogP contribution is -2.41. The maximum absolute atomic E-state index is 11.9. The summed E-state index contributed by atoms with van der Waals surface area (Å²) in [6.07, 6.45) is 2.54. The number of carboxylic acids is 1. The molecule has 5 heteroatoms. The van der Waals surface area contributed by atoms with Crippen LogP contribution in [-0.2, 0) is 9.53 Å². The Kier molecular flexibility index (Phi) is 4.97. The van der Waals surface area contributed by atoms with Crippen molar-refractivity contribution >= 4 is 12.1 Å². The van der Waals surface area contributed by atoms with Crippen molar-refractivity contribution in [2.24, 2.45) is 5.92 Å². The molecular formula is C14H23NO4. The van der Waals surface area contributed by atoms with Gasteiger partial charge in [0.2, 0.25) is 0 Å². The molecule has 1 rings (SSSR count). The van der Waals surface area contributed by atoms with Crippen LogP contribution >= 0.6 is 0 Å². The third-order valence-corrected chi connectivity index (χ3v) is 3.14. The number of likely N-dealkylation sites (tertiary alicyclic amines) is 1. The Labute approximate surface area is 114 Å². The molecule has 1 amide bonds. The van der Waals surface area contributed by atoms with Crippen LogP contribution in [0.25, 0.3) is 0 Å². The zero-order valence-corrected chi connectivity index (χ0v) is 12.1. The lowest BCUT2D eigenvalue weighted by Gasteiger charge is -2.33. The van der Waals surface area contributed by atoms with Gasteiger partial charge in [-0.25, -0.2) is 9.59 Å². The van der Waals surface area contributed by atoms with E-state index in [2.05, 4.69) is 0 Å². The number of piperidine rings is 1. The molecule has 0 atom stereocenters. The largest absolute Gasteiger partial charge is 0.478 e. The van der Waals surface area contributed by atoms with E-state index in [4.69, 9.17) is 9.84 Å². The van der Waals surface area contributed by atoms with Gasteiger partial charge in [-0.1, -0.05) is 5.57 Å². The molecule has 19 heavy (non-hydrogen) atoms. The lowest BCUT2D eigenvalue weighted by atomic mass is 9.90. The molecule has 0 aliphatic carbocycles. The van der Waals surface area contributed by atoms with Crippen LogP contribution in [0.3, 0.4) is 0 Å². The number of rotatable bonds is 2. The fourth-order valence-electron chi connectivity index (χ4n) is 2.16. The molecule has 108 valence electrons. The molecule has 0 radical (unpaired) electrons. The van der Waals surface area contributed by atoms with E-state index in [0.29, 0.717) is 13.1 Å². The van der Waals surface area contributed by atoms with Crippen molar-refractivity contribution in [2.75, 3.05) is 13.1 Å². The van der Waals surface area contributed by atoms with Gasteiger partial charge in [0, 0.05) is 19.2 Å². The van der Waals surface area contributed by atoms with Crippen LogP contribution in [-0.4, -0.2) is 40.8 Å². The average molecular weight is 269 g/mol. The Bertz CT molecular complexity index is 373. The number of carboxylic acid groups (broad SMARTS) is 1. The topological polar surface area (TPSA) is 66.8 Å². The lowest BCUT2D eigenvalue weighted by molar-refractivity contribution is -0.131. The number of carbonyl (C=O) groups excluding carboxylic acids is 1. The molecule has 0 unspecified atom stereocenters. The zero-order valence-electron chi connectivity index (χ0n) is 12.1. The van der Waals surface area contributed by atoms with Crippen molar-refractivity contribution in [1.82, 2.24) is 4.90 Å². The van der Waals surface area contributed by atoms with Crippen LogP contribution < -0.4 is 0 Å². The molecular weight excluding hydrogens is 246 g/mol. The van der Waals surface area contributed by atoms with Crippen LogP contribution in [0.2, 0.25) is 0 Å². The molecule has 1 heterocycles. The molecule has 1 aliphatic rings. The minimum absolute atomic E-state index is 0.245. The van der Waals surface area contributed by atoms with Gasteiger partial charge in [-0.15, -0.1) is 0 Å². The number of amides is 1. The standard InChI is InChI=1S/C14H23NO4/c1-10(9-12(16)17)11-5-7-15(8-6-11)13(18)19-14(2,3)4/h9,11H,5-8H2,1-4H3,(H,16,17). The molecule has 1 N–H and O–H groups in total. The van der Waals surface area contributed by atoms with E-state index in [1.54, 1.807) is 4.90 Å². The summed E-state index contributed by atoms with van der Waals surface area (Å²) in [6, 6.07) is 0. The minimum atomic E-state index is -0.910. The number of hydrogen-bond acceptors (Lipinski definition) is 3. The van der Waals surface area contributed by atoms with Crippen molar-refractivity contribution in [2.45, 2.75) is 46.1 Å². The number of ether oxygens (including phenoxy) is 1. The van der Waals surface area contributed by atoms with Crippen LogP contribution in [0, 0.1) is 5.92 Å². The summed E-state index contributed by atoms with van der Waals surface area (Å²) >= 11 is 0. The number of allylic oxidation sites excluding steroid dienone is 1. The highest BCUT2D eigenvalue weighted by Crippen LogP contribution is 2.25. The Morgan fingerprint density at radius 1 is 1.26 bits per heavy atom. The summed E-state index contributed by atoms with van der Waals surface area (Å²) < 4.78 is 5.32. The van der Waals surface area contributed by atoms with Crippen molar-refractivity contribution < 1.29 is 19.4 Å². The third kappa shape index (κ3) is 5.32. The maximum Gasteiger partial charge on any atom is 0.410 e. The highest BCUT2D eigenvalue weighted by molar-refractivity contribution is 5.80. The summed E-state index contributed by atoms with van der Waals surface area (Å²) in [6.45, 7) is 8.60. The third-order valence-electron chi connectivity index (χ3n) is 3.14. The molecule has 0 aromatic heterocycles. The van der Waals surface area contributed by atoms with Crippen LogP contribution in [0.5, 0.6) is 0 Å². The SMILES string of the molecule is CC(=CC(=O)O)C1CCN(C(=O)OC(C)(C)C)CC1. The predicted octanol–water partition coefficient (Wildman–Crippen LogP) is 2.66. The fraction of sp³-hybridized carbons (Fsp3) is 0.714. The Balaban J connectivity index is 2.49. The first kappa shape index (κ1) is 15.5. The van der Waals surface area contributed by atoms with Crippen molar-refractivity contribution in [3.8, 4) is 0 Å². The van der Waals surface area contributed by atoms with E-state index >= 15 is 0 Å². The average Bonchev–Trinajstić information content (AvgIpc) is 2.26. The fourth-order valence-corrected chi connectivity index (χ4v) is 2.16. The minimum Gasteiger partial charge on any atom is -0.478 e. The van der Waals surface area contributed by atoms with Gasteiger partial charge >= 0.3 is 12.1 Å². The number of aliphatic carboxylic acids is 1. The summed E-state index contributed by atoms with van der Waals surface area (Å²) in [4.78, 5) is 24.2. The molecule has 0 bridgehead atoms. The van der Waals surface area contributed by atoms with Crippen molar-refractivity contribution in [3.05, 3.63) is 11.6 Å². The van der Waals surface area contributed by atoms with E-state index in [-0.39, 0.29) is 12.0 Å². The van der Waals surface area contributed by atoms with Crippen molar-refractivity contribution in [1.29, 1.82) is 0 Å². The summed E-state index contributed by atoms with van der Waals surface area (Å²) in [5, 5.41) is 8.72. The second-order valence-corrected chi connectivity index (χ2v) is 5.97. The van der Waals surface area contributed by atoms with E-state index < -0.39 is 11.6 Å². The van der Waals surface area contributed by atoms with Gasteiger partial charge in [0.15, 0.2) is 0 Å². The first-order chi connectivity index (χ1) is 8.69. The smallest absolute Gasteiger partial charge is 0.410 e. The van der Waals surface area contributed by atoms with Gasteiger partial charge in [0.1, 0.15) is 5.60 Å². The molecule has 0 spiro atoms. The molecule has 5 nitrogen and oxygen atoms in total. The summed E-state index contributed by atoms with van der Waals surface area (Å²) in [7, 11) is 0. The predicted molar refractivity (Wildman–Crippen MR) is 71.9 cm³/mol. The van der Waals surface area contributed by atoms with Gasteiger partial charge in [0.25, 0.3) is 0 Å². The first-order valence-corrected chi connectivity index (χ1v) is 6.58. The van der Waals surface area contributed by atoms with E-state index in [0.717, 1.165) is 18.4 Å². The van der Waals surface area contributed by atoms with Gasteiger partial charge in [-0.3, -0.25) is 0 Å². The van der Waals surface area contributed by atoms with Gasteiger partial charge in [-0.2, -0.15) is 0 Å². The molecule has 1 aliphatic heterocycles. The van der Waals surface area contributed by atoms with Crippen molar-refractivity contribution in [3.63, 3.8) is 0 Å². The zero-order chi connectivity index (χ0) is 14.6. The monoisotopic (exact) mass is 269 g/mol. The molecule has 0 aromatic rings. The van der Waals surface area contributed by atoms with E-state index in [9.17, 15) is 9.59 Å². The number of nitrogens with zero attached hydrogens (tertiary/aromatic N) is 1. The summed E-state index contributed by atoms with van der Waals surface area (Å²) in [5.74, 6) is -0.665. The maximum atomic E-state index is 11.9. The Hall–Kier alpha value is -1.52. The van der Waals surface area contributed by atoms with E-state index in [1.165, 1.54) is 6.08 Å². The molecule has 1 fully saturated rings. The van der Waals surface area contributed by atoms with E-state index in [1.807, 2.05) is 27.7 Å².